The molecule has 4 nitrogen and oxygen atoms in total. The molecule has 0 saturated carbocycles. The van der Waals surface area contributed by atoms with Gasteiger partial charge in [-0.1, -0.05) is 94.1 Å². The summed E-state index contributed by atoms with van der Waals surface area (Å²) >= 11 is 14.9. The maximum atomic E-state index is 5.87. The lowest BCUT2D eigenvalue weighted by Crippen LogP contribution is -2.35. The molecule has 0 amide bonds. The lowest BCUT2D eigenvalue weighted by Gasteiger charge is -2.33. The van der Waals surface area contributed by atoms with Crippen LogP contribution in [0.1, 0.15) is 0 Å². The van der Waals surface area contributed by atoms with E-state index in [-0.39, 0.29) is 21.7 Å². The first kappa shape index (κ1) is 18.6. The van der Waals surface area contributed by atoms with Crippen LogP contribution in [0.2, 0.25) is 0 Å². The molecule has 6 aliphatic heterocycles. The van der Waals surface area contributed by atoms with Crippen molar-refractivity contribution in [3.63, 3.8) is 0 Å². The molecule has 140 valence electrons. The van der Waals surface area contributed by atoms with Crippen LogP contribution in [0, 0.1) is 0 Å². The molecule has 2 fully saturated rings. The molecule has 0 radical (unpaired) electrons. The Morgan fingerprint density at radius 1 is 0.423 bits per heavy atom. The Morgan fingerprint density at radius 2 is 0.692 bits per heavy atom. The second kappa shape index (κ2) is 7.84. The molecule has 6 heterocycles. The fourth-order valence-electron chi connectivity index (χ4n) is 2.75. The van der Waals surface area contributed by atoms with E-state index in [0.29, 0.717) is 26.4 Å². The summed E-state index contributed by atoms with van der Waals surface area (Å²) in [6, 6.07) is 0. The molecule has 0 spiro atoms. The zero-order valence-electron chi connectivity index (χ0n) is 13.0. The van der Waals surface area contributed by atoms with Crippen LogP contribution in [0.3, 0.4) is 0 Å². The number of ether oxygens (including phenoxy) is 4. The quantitative estimate of drug-likeness (QED) is 0.410. The van der Waals surface area contributed by atoms with Crippen LogP contribution in [0.4, 0.5) is 0 Å². The number of hydrogen-bond acceptors (Lipinski definition) is 12. The Labute approximate surface area is 185 Å². The Hall–Kier alpha value is 1.86. The van der Waals surface area contributed by atoms with Gasteiger partial charge in [-0.2, -0.15) is 0 Å². The maximum Gasteiger partial charge on any atom is 0.144 e. The fraction of sp³-hybridized carbons (Fsp3) is 0.571. The van der Waals surface area contributed by atoms with Crippen LogP contribution in [0.15, 0.2) is 25.4 Å². The number of rotatable bonds is 0. The van der Waals surface area contributed by atoms with Gasteiger partial charge in [0.05, 0.1) is 51.9 Å². The first-order valence-electron chi connectivity index (χ1n) is 7.91. The summed E-state index contributed by atoms with van der Waals surface area (Å²) in [4.78, 5) is 0. The third-order valence-corrected chi connectivity index (χ3v) is 16.2. The van der Waals surface area contributed by atoms with Crippen molar-refractivity contribution in [1.82, 2.24) is 0 Å². The highest BCUT2D eigenvalue weighted by atomic mass is 32.3. The zero-order chi connectivity index (χ0) is 17.1. The minimum atomic E-state index is 0.128. The standard InChI is InChI=1S/C14H12O4S8/c1-2-16-6-5(15-1)19-9-10(20-6)24-13(23-9)14-25-11-12(26-14)22-8-7(21-11)17-3-4-18-8/h5-8H,1-4H2/t5-,6+,7-,8+. The maximum absolute atomic E-state index is 5.87. The molecule has 0 unspecified atom stereocenters. The van der Waals surface area contributed by atoms with Crippen LogP contribution in [-0.4, -0.2) is 48.2 Å². The number of hydrogen-bond donors (Lipinski definition) is 0. The van der Waals surface area contributed by atoms with Crippen molar-refractivity contribution in [2.45, 2.75) is 21.7 Å². The van der Waals surface area contributed by atoms with E-state index in [1.165, 1.54) is 25.4 Å². The van der Waals surface area contributed by atoms with Crippen LogP contribution < -0.4 is 0 Å². The molecular formula is C14H12O4S8. The van der Waals surface area contributed by atoms with Gasteiger partial charge in [0.2, 0.25) is 0 Å². The van der Waals surface area contributed by atoms with E-state index in [1.54, 1.807) is 0 Å². The van der Waals surface area contributed by atoms with E-state index in [9.17, 15) is 0 Å². The second-order valence-electron chi connectivity index (χ2n) is 5.56. The van der Waals surface area contributed by atoms with Crippen molar-refractivity contribution in [3.8, 4) is 0 Å². The van der Waals surface area contributed by atoms with Gasteiger partial charge >= 0.3 is 0 Å². The lowest BCUT2D eigenvalue weighted by molar-refractivity contribution is -0.0659. The minimum Gasteiger partial charge on any atom is -0.361 e. The summed E-state index contributed by atoms with van der Waals surface area (Å²) in [6.07, 6.45) is 0. The van der Waals surface area contributed by atoms with Crippen LogP contribution in [-0.2, 0) is 18.9 Å². The van der Waals surface area contributed by atoms with Gasteiger partial charge in [0.15, 0.2) is 0 Å². The fourth-order valence-corrected chi connectivity index (χ4v) is 15.4. The highest BCUT2D eigenvalue weighted by molar-refractivity contribution is 8.45. The van der Waals surface area contributed by atoms with E-state index >= 15 is 0 Å². The van der Waals surface area contributed by atoms with Crippen molar-refractivity contribution >= 4 is 94.1 Å². The zero-order valence-corrected chi connectivity index (χ0v) is 19.6. The Bertz CT molecular complexity index is 620. The monoisotopic (exact) mass is 500 g/mol. The molecule has 0 aromatic heterocycles. The molecule has 0 aliphatic carbocycles. The molecule has 6 aliphatic rings. The average molecular weight is 501 g/mol. The Balaban J connectivity index is 1.18. The summed E-state index contributed by atoms with van der Waals surface area (Å²) in [5, 5.41) is 0. The van der Waals surface area contributed by atoms with Gasteiger partial charge in [0.25, 0.3) is 0 Å². The molecule has 0 N–H and O–H groups in total. The molecule has 0 aromatic rings. The largest absolute Gasteiger partial charge is 0.361 e. The lowest BCUT2D eigenvalue weighted by atomic mass is 10.6. The summed E-state index contributed by atoms with van der Waals surface area (Å²) in [5.74, 6) is 0. The van der Waals surface area contributed by atoms with Gasteiger partial charge in [0, 0.05) is 0 Å². The molecule has 2 saturated heterocycles. The first-order chi connectivity index (χ1) is 12.8. The van der Waals surface area contributed by atoms with E-state index in [0.717, 1.165) is 0 Å². The molecule has 6 rings (SSSR count). The predicted molar refractivity (Wildman–Crippen MR) is 121 cm³/mol. The van der Waals surface area contributed by atoms with Crippen molar-refractivity contribution in [1.29, 1.82) is 0 Å². The smallest absolute Gasteiger partial charge is 0.144 e. The van der Waals surface area contributed by atoms with Gasteiger partial charge in [-0.3, -0.25) is 0 Å². The molecule has 4 atom stereocenters. The van der Waals surface area contributed by atoms with E-state index < -0.39 is 0 Å². The van der Waals surface area contributed by atoms with Gasteiger partial charge in [-0.05, 0) is 0 Å². The second-order valence-corrected chi connectivity index (χ2v) is 15.6. The third kappa shape index (κ3) is 3.47. The normalized spacial score (nSPS) is 42.5. The predicted octanol–water partition coefficient (Wildman–Crippen LogP) is 5.68. The van der Waals surface area contributed by atoms with Crippen LogP contribution in [0.5, 0.6) is 0 Å². The van der Waals surface area contributed by atoms with Crippen molar-refractivity contribution in [3.05, 3.63) is 25.4 Å². The SMILES string of the molecule is C1CO[C@H]2SC3=C(SC(=C4SC5=C(S4)S[C@@H]4OCCO[C@@H]4S5)S3)S[C@H]2O1. The highest BCUT2D eigenvalue weighted by Crippen LogP contribution is 2.70. The molecular weight excluding hydrogens is 489 g/mol. The molecule has 26 heavy (non-hydrogen) atoms. The van der Waals surface area contributed by atoms with Gasteiger partial charge in [-0.15, -0.1) is 0 Å². The summed E-state index contributed by atoms with van der Waals surface area (Å²) in [6.45, 7) is 2.80. The first-order valence-corrected chi connectivity index (χ1v) is 14.7. The van der Waals surface area contributed by atoms with Gasteiger partial charge in [-0.25, -0.2) is 0 Å². The Morgan fingerprint density at radius 3 is 0.962 bits per heavy atom. The van der Waals surface area contributed by atoms with Gasteiger partial charge < -0.3 is 18.9 Å². The van der Waals surface area contributed by atoms with E-state index in [1.807, 2.05) is 94.1 Å². The van der Waals surface area contributed by atoms with Crippen molar-refractivity contribution in [2.24, 2.45) is 0 Å². The van der Waals surface area contributed by atoms with E-state index in [4.69, 9.17) is 18.9 Å². The summed E-state index contributed by atoms with van der Waals surface area (Å²) in [7, 11) is 0. The molecule has 0 aromatic carbocycles. The molecule has 0 bridgehead atoms. The summed E-state index contributed by atoms with van der Waals surface area (Å²) in [5.41, 5.74) is 0.514. The molecule has 12 heteroatoms. The number of fused-ring (bicyclic) bond motifs is 2. The topological polar surface area (TPSA) is 36.9 Å². The van der Waals surface area contributed by atoms with Crippen LogP contribution >= 0.6 is 94.1 Å². The van der Waals surface area contributed by atoms with Crippen LogP contribution in [0.25, 0.3) is 0 Å². The summed E-state index contributed by atoms with van der Waals surface area (Å²) < 4.78 is 31.8. The van der Waals surface area contributed by atoms with Gasteiger partial charge in [0.1, 0.15) is 21.7 Å². The van der Waals surface area contributed by atoms with Crippen molar-refractivity contribution < 1.29 is 18.9 Å². The Kier molecular flexibility index (Phi) is 5.61. The average Bonchev–Trinajstić information content (AvgIpc) is 3.27. The van der Waals surface area contributed by atoms with E-state index in [2.05, 4.69) is 0 Å². The highest BCUT2D eigenvalue weighted by Gasteiger charge is 2.43. The van der Waals surface area contributed by atoms with Crippen molar-refractivity contribution in [2.75, 3.05) is 26.4 Å². The third-order valence-electron chi connectivity index (χ3n) is 3.87. The minimum absolute atomic E-state index is 0.128. The number of thioether (sulfide) groups is 8.